The van der Waals surface area contributed by atoms with E-state index in [1.807, 2.05) is 6.07 Å². The molecule has 1 unspecified atom stereocenters. The second-order valence-corrected chi connectivity index (χ2v) is 6.93. The lowest BCUT2D eigenvalue weighted by Gasteiger charge is -2.41. The van der Waals surface area contributed by atoms with Crippen molar-refractivity contribution in [3.8, 4) is 6.07 Å². The molecule has 0 aromatic carbocycles. The zero-order valence-corrected chi connectivity index (χ0v) is 11.1. The van der Waals surface area contributed by atoms with Crippen LogP contribution in [0.1, 0.15) is 52.9 Å². The summed E-state index contributed by atoms with van der Waals surface area (Å²) >= 11 is 0. The zero-order valence-electron chi connectivity index (χ0n) is 11.1. The van der Waals surface area contributed by atoms with E-state index in [0.717, 1.165) is 31.6 Å². The minimum atomic E-state index is -1.24. The molecule has 0 aromatic rings. The van der Waals surface area contributed by atoms with Gasteiger partial charge in [0.2, 0.25) is 0 Å². The van der Waals surface area contributed by atoms with Crippen LogP contribution in [0.5, 0.6) is 0 Å². The highest BCUT2D eigenvalue weighted by molar-refractivity contribution is 5.11. The predicted octanol–water partition coefficient (Wildman–Crippen LogP) is 2.64. The van der Waals surface area contributed by atoms with E-state index in [1.54, 1.807) is 0 Å². The number of rotatable bonds is 0. The Kier molecular flexibility index (Phi) is 3.00. The summed E-state index contributed by atoms with van der Waals surface area (Å²) in [5, 5.41) is 18.9. The molecule has 1 aliphatic carbocycles. The number of hydrogen-bond acceptors (Lipinski definition) is 3. The van der Waals surface area contributed by atoms with Gasteiger partial charge in [-0.3, -0.25) is 0 Å². The van der Waals surface area contributed by atoms with E-state index in [2.05, 4.69) is 20.8 Å². The van der Waals surface area contributed by atoms with Crippen molar-refractivity contribution < 1.29 is 9.84 Å². The summed E-state index contributed by atoms with van der Waals surface area (Å²) in [6.07, 6.45) is 4.75. The van der Waals surface area contributed by atoms with Gasteiger partial charge in [-0.15, -0.1) is 0 Å². The van der Waals surface area contributed by atoms with Gasteiger partial charge in [0.05, 0.1) is 18.3 Å². The molecule has 1 aliphatic heterocycles. The van der Waals surface area contributed by atoms with E-state index in [-0.39, 0.29) is 12.2 Å². The standard InChI is InChI=1S/C14H23NO2/c1-12(2,3)11-4-6-14(7-5-11)8-13(16,9-15)10-17-14/h11,16H,4-8,10H2,1-3H3. The fourth-order valence-electron chi connectivity index (χ4n) is 3.31. The highest BCUT2D eigenvalue weighted by Crippen LogP contribution is 2.48. The molecular formula is C14H23NO2. The van der Waals surface area contributed by atoms with Crippen molar-refractivity contribution in [2.24, 2.45) is 11.3 Å². The lowest BCUT2D eigenvalue weighted by molar-refractivity contribution is -0.0480. The third-order valence-electron chi connectivity index (χ3n) is 4.56. The molecule has 2 rings (SSSR count). The average Bonchev–Trinajstić information content (AvgIpc) is 2.57. The molecule has 1 atom stereocenters. The average molecular weight is 237 g/mol. The highest BCUT2D eigenvalue weighted by Gasteiger charge is 2.51. The Morgan fingerprint density at radius 2 is 1.88 bits per heavy atom. The third-order valence-corrected chi connectivity index (χ3v) is 4.56. The second-order valence-electron chi connectivity index (χ2n) is 6.93. The summed E-state index contributed by atoms with van der Waals surface area (Å²) in [5.74, 6) is 0.729. The van der Waals surface area contributed by atoms with Crippen molar-refractivity contribution >= 4 is 0 Å². The molecule has 1 heterocycles. The van der Waals surface area contributed by atoms with Crippen molar-refractivity contribution in [2.75, 3.05) is 6.61 Å². The third kappa shape index (κ3) is 2.48. The van der Waals surface area contributed by atoms with Gasteiger partial charge in [0, 0.05) is 6.42 Å². The fourth-order valence-corrected chi connectivity index (χ4v) is 3.31. The summed E-state index contributed by atoms with van der Waals surface area (Å²) in [6.45, 7) is 7.05. The van der Waals surface area contributed by atoms with Crippen LogP contribution < -0.4 is 0 Å². The first-order valence-electron chi connectivity index (χ1n) is 6.56. The monoisotopic (exact) mass is 237 g/mol. The van der Waals surface area contributed by atoms with Crippen molar-refractivity contribution in [3.63, 3.8) is 0 Å². The van der Waals surface area contributed by atoms with E-state index >= 15 is 0 Å². The minimum absolute atomic E-state index is 0.184. The fraction of sp³-hybridized carbons (Fsp3) is 0.929. The van der Waals surface area contributed by atoms with E-state index < -0.39 is 5.60 Å². The van der Waals surface area contributed by atoms with Gasteiger partial charge in [-0.2, -0.15) is 5.26 Å². The maximum Gasteiger partial charge on any atom is 0.177 e. The number of ether oxygens (including phenoxy) is 1. The molecule has 2 aliphatic rings. The topological polar surface area (TPSA) is 53.2 Å². The zero-order chi connectivity index (χ0) is 12.7. The molecule has 1 saturated heterocycles. The smallest absolute Gasteiger partial charge is 0.177 e. The van der Waals surface area contributed by atoms with Crippen LogP contribution in [-0.4, -0.2) is 22.9 Å². The van der Waals surface area contributed by atoms with Crippen LogP contribution >= 0.6 is 0 Å². The molecule has 1 spiro atoms. The highest BCUT2D eigenvalue weighted by atomic mass is 16.5. The molecule has 1 saturated carbocycles. The molecule has 96 valence electrons. The van der Waals surface area contributed by atoms with Gasteiger partial charge in [-0.05, 0) is 37.0 Å². The molecule has 2 fully saturated rings. The Labute approximate surface area is 104 Å². The van der Waals surface area contributed by atoms with E-state index in [9.17, 15) is 5.11 Å². The number of aliphatic hydroxyl groups is 1. The second kappa shape index (κ2) is 3.96. The molecule has 3 heteroatoms. The predicted molar refractivity (Wildman–Crippen MR) is 65.3 cm³/mol. The van der Waals surface area contributed by atoms with Crippen LogP contribution in [0.2, 0.25) is 0 Å². The van der Waals surface area contributed by atoms with Crippen molar-refractivity contribution in [2.45, 2.75) is 64.1 Å². The maximum absolute atomic E-state index is 9.96. The SMILES string of the molecule is CC(C)(C)C1CCC2(CC1)CC(O)(C#N)CO2. The normalized spacial score (nSPS) is 42.6. The van der Waals surface area contributed by atoms with E-state index in [4.69, 9.17) is 10.00 Å². The van der Waals surface area contributed by atoms with Gasteiger partial charge in [0.1, 0.15) is 0 Å². The summed E-state index contributed by atoms with van der Waals surface area (Å²) in [6, 6.07) is 1.98. The molecule has 0 aromatic heterocycles. The Balaban J connectivity index is 1.99. The maximum atomic E-state index is 9.96. The molecule has 17 heavy (non-hydrogen) atoms. The van der Waals surface area contributed by atoms with E-state index in [1.165, 1.54) is 0 Å². The lowest BCUT2D eigenvalue weighted by Crippen LogP contribution is -2.38. The molecule has 1 N–H and O–H groups in total. The first-order valence-corrected chi connectivity index (χ1v) is 6.56. The number of nitrogens with zero attached hydrogens (tertiary/aromatic N) is 1. The summed E-state index contributed by atoms with van der Waals surface area (Å²) in [4.78, 5) is 0. The lowest BCUT2D eigenvalue weighted by atomic mass is 9.67. The van der Waals surface area contributed by atoms with Gasteiger partial charge in [0.15, 0.2) is 5.60 Å². The number of nitriles is 1. The Bertz CT molecular complexity index is 331. The van der Waals surface area contributed by atoms with Crippen molar-refractivity contribution in [1.29, 1.82) is 5.26 Å². The molecule has 0 amide bonds. The minimum Gasteiger partial charge on any atom is -0.373 e. The first-order chi connectivity index (χ1) is 7.79. The van der Waals surface area contributed by atoms with Crippen LogP contribution in [0.4, 0.5) is 0 Å². The van der Waals surface area contributed by atoms with Gasteiger partial charge in [-0.1, -0.05) is 20.8 Å². The molecule has 0 bridgehead atoms. The van der Waals surface area contributed by atoms with E-state index in [0.29, 0.717) is 11.8 Å². The number of hydrogen-bond donors (Lipinski definition) is 1. The quantitative estimate of drug-likeness (QED) is 0.659. The van der Waals surface area contributed by atoms with Crippen LogP contribution in [0.25, 0.3) is 0 Å². The molecule has 3 nitrogen and oxygen atoms in total. The van der Waals surface area contributed by atoms with Crippen LogP contribution in [0.3, 0.4) is 0 Å². The molecular weight excluding hydrogens is 214 g/mol. The van der Waals surface area contributed by atoms with Gasteiger partial charge in [-0.25, -0.2) is 0 Å². The van der Waals surface area contributed by atoms with Gasteiger partial charge >= 0.3 is 0 Å². The Morgan fingerprint density at radius 1 is 1.29 bits per heavy atom. The van der Waals surface area contributed by atoms with Crippen molar-refractivity contribution in [3.05, 3.63) is 0 Å². The summed E-state index contributed by atoms with van der Waals surface area (Å²) in [7, 11) is 0. The van der Waals surface area contributed by atoms with Crippen LogP contribution in [-0.2, 0) is 4.74 Å². The first kappa shape index (κ1) is 12.9. The van der Waals surface area contributed by atoms with Crippen LogP contribution in [0, 0.1) is 22.7 Å². The Hall–Kier alpha value is -0.590. The Morgan fingerprint density at radius 3 is 2.29 bits per heavy atom. The largest absolute Gasteiger partial charge is 0.373 e. The molecule has 0 radical (unpaired) electrons. The summed E-state index contributed by atoms with van der Waals surface area (Å²) < 4.78 is 5.78. The van der Waals surface area contributed by atoms with Crippen LogP contribution in [0.15, 0.2) is 0 Å². The van der Waals surface area contributed by atoms with Crippen molar-refractivity contribution in [1.82, 2.24) is 0 Å². The summed E-state index contributed by atoms with van der Waals surface area (Å²) in [5.41, 5.74) is -1.10. The van der Waals surface area contributed by atoms with Gasteiger partial charge < -0.3 is 9.84 Å². The van der Waals surface area contributed by atoms with Gasteiger partial charge in [0.25, 0.3) is 0 Å².